The lowest BCUT2D eigenvalue weighted by Gasteiger charge is -2.06. The molecular formula is C63H59N11O11S6. The molecule has 0 bridgehead atoms. The topological polar surface area (TPSA) is 296 Å². The van der Waals surface area contributed by atoms with Crippen LogP contribution in [0, 0.1) is 62.3 Å². The lowest BCUT2D eigenvalue weighted by molar-refractivity contribution is -0.116. The van der Waals surface area contributed by atoms with Crippen LogP contribution < -0.4 is 32.2 Å². The Morgan fingerprint density at radius 1 is 0.407 bits per heavy atom. The van der Waals surface area contributed by atoms with Gasteiger partial charge >= 0.3 is 0 Å². The molecule has 0 spiro atoms. The van der Waals surface area contributed by atoms with E-state index in [0.29, 0.717) is 65.8 Å². The fourth-order valence-electron chi connectivity index (χ4n) is 8.43. The molecule has 0 aliphatic heterocycles. The second-order valence-corrected chi connectivity index (χ2v) is 26.9. The lowest BCUT2D eigenvalue weighted by Crippen LogP contribution is -2.15. The number of amides is 5. The van der Waals surface area contributed by atoms with Gasteiger partial charge in [0.25, 0.3) is 17.7 Å². The zero-order chi connectivity index (χ0) is 66.0. The number of benzene rings is 3. The number of rotatable bonds is 11. The van der Waals surface area contributed by atoms with Crippen LogP contribution in [0.3, 0.4) is 0 Å². The Labute approximate surface area is 544 Å². The van der Waals surface area contributed by atoms with Crippen molar-refractivity contribution in [1.29, 1.82) is 0 Å². The summed E-state index contributed by atoms with van der Waals surface area (Å²) < 4.78 is 29.9. The molecule has 12 rings (SSSR count). The highest BCUT2D eigenvalue weighted by atomic mass is 32.1. The summed E-state index contributed by atoms with van der Waals surface area (Å²) in [4.78, 5) is 116. The van der Waals surface area contributed by atoms with Crippen molar-refractivity contribution in [3.05, 3.63) is 187 Å². The van der Waals surface area contributed by atoms with Gasteiger partial charge < -0.3 is 23.1 Å². The first-order valence-electron chi connectivity index (χ1n) is 27.3. The highest BCUT2D eigenvalue weighted by Gasteiger charge is 2.21. The third-order valence-corrected chi connectivity index (χ3v) is 17.3. The van der Waals surface area contributed by atoms with E-state index in [4.69, 9.17) is 13.3 Å². The summed E-state index contributed by atoms with van der Waals surface area (Å²) in [5.74, 6) is -0.0364. The predicted octanol–water partition coefficient (Wildman–Crippen LogP) is 13.1. The fourth-order valence-corrected chi connectivity index (χ4v) is 12.7. The average Bonchev–Trinajstić information content (AvgIpc) is 1.74. The maximum atomic E-state index is 12.5. The molecule has 0 atom stereocenters. The van der Waals surface area contributed by atoms with Gasteiger partial charge in [0.15, 0.2) is 51.0 Å². The smallest absolute Gasteiger partial charge is 0.293 e. The van der Waals surface area contributed by atoms with E-state index in [-0.39, 0.29) is 33.6 Å². The molecule has 3 N–H and O–H groups in total. The van der Waals surface area contributed by atoms with Crippen LogP contribution in [0.4, 0.5) is 15.4 Å². The second-order valence-electron chi connectivity index (χ2n) is 20.8. The van der Waals surface area contributed by atoms with Crippen LogP contribution in [0.25, 0.3) is 65.0 Å². The van der Waals surface area contributed by atoms with Crippen LogP contribution in [0.2, 0.25) is 0 Å². The third kappa shape index (κ3) is 17.4. The molecule has 5 amide bonds. The van der Waals surface area contributed by atoms with Crippen LogP contribution in [-0.4, -0.2) is 96.6 Å². The number of aryl methyl sites for hydroxylation is 9. The Bertz CT molecular complexity index is 4400. The molecule has 12 aromatic rings. The number of carbonyl (C=O) groups is 5. The molecule has 0 aliphatic rings. The zero-order valence-electron chi connectivity index (χ0n) is 51.3. The Balaban J connectivity index is 0.000000163. The van der Waals surface area contributed by atoms with Gasteiger partial charge in [-0.25, -0.2) is 0 Å². The molecular weight excluding hydrogens is 1280 g/mol. The standard InChI is InChI=1S/3C19H15N3O3S2.2C3H7NO/c3*1-9-6-10(2)16-12(7-9)13(23)8-14(25-16)18(24)21-19-20-17(22-27-19)15-5-4-11(3)26-15;2*1-4(2)3-5/h3*4-8H,1-3H3,(H,20,21,22,24);2*3H,1-2H3. The summed E-state index contributed by atoms with van der Waals surface area (Å²) in [6, 6.07) is 26.5. The van der Waals surface area contributed by atoms with Gasteiger partial charge in [0.05, 0.1) is 30.8 Å². The minimum absolute atomic E-state index is 0.0526. The van der Waals surface area contributed by atoms with E-state index in [9.17, 15) is 38.4 Å². The number of thiophene rings is 3. The van der Waals surface area contributed by atoms with Crippen molar-refractivity contribution in [2.24, 2.45) is 0 Å². The summed E-state index contributed by atoms with van der Waals surface area (Å²) in [7, 11) is 6.75. The summed E-state index contributed by atoms with van der Waals surface area (Å²) in [6.07, 6.45) is 1.50. The Morgan fingerprint density at radius 2 is 0.659 bits per heavy atom. The first kappa shape index (κ1) is 67.4. The number of carbonyl (C=O) groups excluding carboxylic acids is 5. The van der Waals surface area contributed by atoms with E-state index in [1.165, 1.54) is 28.0 Å². The average molecular weight is 1340 g/mol. The number of hydrogen-bond donors (Lipinski definition) is 3. The number of anilines is 3. The highest BCUT2D eigenvalue weighted by Crippen LogP contribution is 2.32. The van der Waals surface area contributed by atoms with Gasteiger partial charge in [0.2, 0.25) is 28.2 Å². The van der Waals surface area contributed by atoms with Crippen LogP contribution >= 0.6 is 68.6 Å². The molecule has 28 heteroatoms. The van der Waals surface area contributed by atoms with Crippen LogP contribution in [0.1, 0.15) is 79.7 Å². The Kier molecular flexibility index (Phi) is 22.1. The van der Waals surface area contributed by atoms with Gasteiger partial charge in [0.1, 0.15) is 16.7 Å². The molecule has 3 aromatic carbocycles. The SMILES string of the molecule is CN(C)C=O.CN(C)C=O.Cc1cc(C)c2oc(C(=O)Nc3nc(-c4ccc(C)s4)ns3)cc(=O)c2c1.Cc1cc(C)c2oc(C(=O)Nc3nc(-c4ccc(C)s4)ns3)cc(=O)c2c1.Cc1cc(C)c2oc(C(=O)Nc3nc(-c4ccc(C)s4)ns3)cc(=O)c2c1. The lowest BCUT2D eigenvalue weighted by atomic mass is 10.1. The number of nitrogens with one attached hydrogen (secondary N) is 3. The number of aromatic nitrogens is 6. The Morgan fingerprint density at radius 3 is 0.879 bits per heavy atom. The van der Waals surface area contributed by atoms with Crippen LogP contribution in [-0.2, 0) is 9.59 Å². The first-order valence-corrected chi connectivity index (χ1v) is 32.1. The molecule has 91 heavy (non-hydrogen) atoms. The van der Waals surface area contributed by atoms with E-state index in [0.717, 1.165) is 110 Å². The van der Waals surface area contributed by atoms with E-state index in [2.05, 4.69) is 44.0 Å². The van der Waals surface area contributed by atoms with Gasteiger partial charge in [0, 0.05) is 95.6 Å². The van der Waals surface area contributed by atoms with Gasteiger partial charge in [-0.05, 0) is 150 Å². The number of hydrogen-bond acceptors (Lipinski definition) is 23. The molecule has 22 nitrogen and oxygen atoms in total. The molecule has 9 aromatic heterocycles. The fraction of sp³-hybridized carbons (Fsp3) is 0.206. The normalized spacial score (nSPS) is 10.6. The first-order chi connectivity index (χ1) is 43.2. The van der Waals surface area contributed by atoms with Crippen LogP contribution in [0.5, 0.6) is 0 Å². The number of nitrogens with zero attached hydrogens (tertiary/aromatic N) is 8. The molecule has 9 heterocycles. The van der Waals surface area contributed by atoms with Crippen molar-refractivity contribution in [3.8, 4) is 32.1 Å². The molecule has 0 unspecified atom stereocenters. The van der Waals surface area contributed by atoms with Crippen molar-refractivity contribution in [1.82, 2.24) is 37.9 Å². The molecule has 0 aliphatic carbocycles. The molecule has 0 radical (unpaired) electrons. The summed E-state index contributed by atoms with van der Waals surface area (Å²) >= 11 is 8.00. The monoisotopic (exact) mass is 1340 g/mol. The molecule has 0 saturated heterocycles. The molecule has 468 valence electrons. The summed E-state index contributed by atoms with van der Waals surface area (Å²) in [6.45, 7) is 17.3. The minimum atomic E-state index is -0.529. The van der Waals surface area contributed by atoms with Gasteiger partial charge in [-0.1, -0.05) is 18.2 Å². The van der Waals surface area contributed by atoms with Gasteiger partial charge in [-0.15, -0.1) is 34.0 Å². The largest absolute Gasteiger partial charge is 0.450 e. The summed E-state index contributed by atoms with van der Waals surface area (Å²) in [5.41, 5.74) is 5.84. The van der Waals surface area contributed by atoms with Crippen molar-refractivity contribution in [2.45, 2.75) is 62.3 Å². The highest BCUT2D eigenvalue weighted by molar-refractivity contribution is 7.16. The van der Waals surface area contributed by atoms with Crippen molar-refractivity contribution in [2.75, 3.05) is 44.1 Å². The van der Waals surface area contributed by atoms with Crippen molar-refractivity contribution < 1.29 is 37.2 Å². The third-order valence-electron chi connectivity index (χ3n) is 12.4. The quantitative estimate of drug-likeness (QED) is 0.101. The van der Waals surface area contributed by atoms with E-state index < -0.39 is 17.7 Å². The molecule has 0 fully saturated rings. The van der Waals surface area contributed by atoms with E-state index in [1.54, 1.807) is 80.4 Å². The maximum Gasteiger partial charge on any atom is 0.293 e. The van der Waals surface area contributed by atoms with E-state index in [1.807, 2.05) is 117 Å². The Hall–Kier alpha value is -9.58. The molecule has 0 saturated carbocycles. The van der Waals surface area contributed by atoms with Gasteiger partial charge in [-0.3, -0.25) is 54.3 Å². The minimum Gasteiger partial charge on any atom is -0.450 e. The van der Waals surface area contributed by atoms with Gasteiger partial charge in [-0.2, -0.15) is 28.1 Å². The summed E-state index contributed by atoms with van der Waals surface area (Å²) in [5, 5.41) is 10.4. The predicted molar refractivity (Wildman–Crippen MR) is 363 cm³/mol. The van der Waals surface area contributed by atoms with Crippen molar-refractivity contribution >= 4 is 147 Å². The maximum absolute atomic E-state index is 12.5. The van der Waals surface area contributed by atoms with Crippen LogP contribution in [0.15, 0.2) is 119 Å². The van der Waals surface area contributed by atoms with E-state index >= 15 is 0 Å². The number of fused-ring (bicyclic) bond motifs is 3. The second kappa shape index (κ2) is 29.8. The van der Waals surface area contributed by atoms with Crippen molar-refractivity contribution in [3.63, 3.8) is 0 Å². The zero-order valence-corrected chi connectivity index (χ0v) is 56.2.